The Morgan fingerprint density at radius 2 is 1.74 bits per heavy atom. The molecule has 0 bridgehead atoms. The van der Waals surface area contributed by atoms with E-state index in [4.69, 9.17) is 19.3 Å². The highest BCUT2D eigenvalue weighted by Crippen LogP contribution is 2.48. The van der Waals surface area contributed by atoms with E-state index in [2.05, 4.69) is 48.3 Å². The molecule has 0 amide bonds. The molecule has 0 spiro atoms. The molecule has 0 saturated carbocycles. The molecular weight excluding hydrogens is 388 g/mol. The van der Waals surface area contributed by atoms with Crippen LogP contribution in [0.1, 0.15) is 47.9 Å². The summed E-state index contributed by atoms with van der Waals surface area (Å²) in [5.74, 6) is 2.28. The molecule has 2 heterocycles. The number of aryl methyl sites for hydroxylation is 1. The van der Waals surface area contributed by atoms with Gasteiger partial charge in [-0.05, 0) is 41.8 Å². The van der Waals surface area contributed by atoms with Crippen LogP contribution in [-0.2, 0) is 6.42 Å². The van der Waals surface area contributed by atoms with Gasteiger partial charge < -0.3 is 14.2 Å². The van der Waals surface area contributed by atoms with Gasteiger partial charge in [0, 0.05) is 17.5 Å². The van der Waals surface area contributed by atoms with E-state index in [0.717, 1.165) is 35.4 Å². The fraction of sp³-hybridized carbons (Fsp3) is 0.269. The van der Waals surface area contributed by atoms with Gasteiger partial charge in [0.1, 0.15) is 5.75 Å². The molecule has 0 aliphatic carbocycles. The fourth-order valence-corrected chi connectivity index (χ4v) is 4.37. The maximum absolute atomic E-state index is 6.45. The average Bonchev–Trinajstić information content (AvgIpc) is 3.29. The standard InChI is InChI=1S/C26H26N2O3/c1-4-17-9-11-18(12-10-17)21-16-22-20-7-5-6-8-23(20)31-26(28(22)27-21)19-13-14-24(29-2)25(15-19)30-3/h5-15,22,26H,4,16H2,1-3H3/t22-,26+/m1/s1. The zero-order chi connectivity index (χ0) is 21.4. The molecule has 5 rings (SSSR count). The summed E-state index contributed by atoms with van der Waals surface area (Å²) in [5.41, 5.74) is 5.72. The number of hydrogen-bond acceptors (Lipinski definition) is 5. The highest BCUT2D eigenvalue weighted by atomic mass is 16.5. The lowest BCUT2D eigenvalue weighted by Crippen LogP contribution is -2.33. The predicted octanol–water partition coefficient (Wildman–Crippen LogP) is 5.51. The molecule has 3 aromatic carbocycles. The Bertz CT molecular complexity index is 1120. The lowest BCUT2D eigenvalue weighted by atomic mass is 9.95. The molecule has 2 aliphatic heterocycles. The minimum Gasteiger partial charge on any atom is -0.493 e. The highest BCUT2D eigenvalue weighted by Gasteiger charge is 2.41. The number of nitrogens with zero attached hydrogens (tertiary/aromatic N) is 2. The first kappa shape index (κ1) is 19.5. The van der Waals surface area contributed by atoms with E-state index in [1.807, 2.05) is 30.3 Å². The second kappa shape index (κ2) is 7.99. The zero-order valence-electron chi connectivity index (χ0n) is 18.0. The van der Waals surface area contributed by atoms with Crippen molar-refractivity contribution in [1.82, 2.24) is 5.01 Å². The molecule has 31 heavy (non-hydrogen) atoms. The van der Waals surface area contributed by atoms with Crippen LogP contribution < -0.4 is 14.2 Å². The highest BCUT2D eigenvalue weighted by molar-refractivity contribution is 6.02. The van der Waals surface area contributed by atoms with Crippen LogP contribution in [-0.4, -0.2) is 24.9 Å². The number of para-hydroxylation sites is 1. The van der Waals surface area contributed by atoms with Crippen molar-refractivity contribution in [3.8, 4) is 17.2 Å². The Labute approximate surface area is 182 Å². The zero-order valence-corrected chi connectivity index (χ0v) is 18.0. The van der Waals surface area contributed by atoms with Crippen molar-refractivity contribution in [1.29, 1.82) is 0 Å². The molecule has 0 N–H and O–H groups in total. The number of rotatable bonds is 5. The number of ether oxygens (including phenoxy) is 3. The lowest BCUT2D eigenvalue weighted by Gasteiger charge is -2.38. The van der Waals surface area contributed by atoms with Crippen molar-refractivity contribution in [2.75, 3.05) is 14.2 Å². The Kier molecular flexibility index (Phi) is 5.02. The topological polar surface area (TPSA) is 43.3 Å². The molecule has 0 saturated heterocycles. The van der Waals surface area contributed by atoms with Crippen LogP contribution in [0.2, 0.25) is 0 Å². The van der Waals surface area contributed by atoms with E-state index in [9.17, 15) is 0 Å². The smallest absolute Gasteiger partial charge is 0.214 e. The monoisotopic (exact) mass is 414 g/mol. The first-order chi connectivity index (χ1) is 15.2. The molecule has 0 aromatic heterocycles. The van der Waals surface area contributed by atoms with Crippen molar-refractivity contribution in [2.24, 2.45) is 5.10 Å². The van der Waals surface area contributed by atoms with Gasteiger partial charge >= 0.3 is 0 Å². The van der Waals surface area contributed by atoms with Crippen LogP contribution in [0.3, 0.4) is 0 Å². The fourth-order valence-electron chi connectivity index (χ4n) is 4.37. The van der Waals surface area contributed by atoms with Gasteiger partial charge in [-0.3, -0.25) is 0 Å². The molecule has 3 aromatic rings. The molecule has 0 fully saturated rings. The van der Waals surface area contributed by atoms with Gasteiger partial charge in [0.2, 0.25) is 6.23 Å². The van der Waals surface area contributed by atoms with Gasteiger partial charge in [-0.1, -0.05) is 49.4 Å². The Hall–Kier alpha value is -3.47. The van der Waals surface area contributed by atoms with Gasteiger partial charge in [-0.15, -0.1) is 0 Å². The lowest BCUT2D eigenvalue weighted by molar-refractivity contribution is -0.0191. The number of benzene rings is 3. The average molecular weight is 415 g/mol. The third-order valence-electron chi connectivity index (χ3n) is 6.09. The summed E-state index contributed by atoms with van der Waals surface area (Å²) < 4.78 is 17.4. The Morgan fingerprint density at radius 1 is 0.968 bits per heavy atom. The maximum Gasteiger partial charge on any atom is 0.214 e. The molecule has 2 atom stereocenters. The van der Waals surface area contributed by atoms with Gasteiger partial charge in [0.15, 0.2) is 11.5 Å². The SMILES string of the molecule is CCc1ccc(C2=NN3[C@H](C2)c2ccccc2O[C@H]3c2ccc(OC)c(OC)c2)cc1. The minimum atomic E-state index is -0.341. The maximum atomic E-state index is 6.45. The van der Waals surface area contributed by atoms with E-state index in [1.54, 1.807) is 14.2 Å². The van der Waals surface area contributed by atoms with E-state index in [-0.39, 0.29) is 12.3 Å². The van der Waals surface area contributed by atoms with Crippen molar-refractivity contribution in [3.63, 3.8) is 0 Å². The van der Waals surface area contributed by atoms with Gasteiger partial charge in [0.05, 0.1) is 26.0 Å². The summed E-state index contributed by atoms with van der Waals surface area (Å²) in [6, 6.07) is 23.0. The van der Waals surface area contributed by atoms with Crippen molar-refractivity contribution < 1.29 is 14.2 Å². The molecule has 5 nitrogen and oxygen atoms in total. The molecule has 2 aliphatic rings. The minimum absolute atomic E-state index is 0.129. The second-order valence-electron chi connectivity index (χ2n) is 7.82. The first-order valence-electron chi connectivity index (χ1n) is 10.6. The van der Waals surface area contributed by atoms with Gasteiger partial charge in [0.25, 0.3) is 0 Å². The van der Waals surface area contributed by atoms with Crippen LogP contribution in [0.5, 0.6) is 17.2 Å². The molecule has 0 unspecified atom stereocenters. The summed E-state index contributed by atoms with van der Waals surface area (Å²) in [6.45, 7) is 2.17. The largest absolute Gasteiger partial charge is 0.493 e. The van der Waals surface area contributed by atoms with E-state index in [0.29, 0.717) is 11.5 Å². The second-order valence-corrected chi connectivity index (χ2v) is 7.82. The Balaban J connectivity index is 1.56. The summed E-state index contributed by atoms with van der Waals surface area (Å²) in [6.07, 6.45) is 1.53. The van der Waals surface area contributed by atoms with E-state index >= 15 is 0 Å². The van der Waals surface area contributed by atoms with Crippen molar-refractivity contribution >= 4 is 5.71 Å². The van der Waals surface area contributed by atoms with Crippen LogP contribution >= 0.6 is 0 Å². The van der Waals surface area contributed by atoms with Gasteiger partial charge in [-0.25, -0.2) is 5.01 Å². The van der Waals surface area contributed by atoms with Crippen LogP contribution in [0.15, 0.2) is 71.8 Å². The van der Waals surface area contributed by atoms with Crippen molar-refractivity contribution in [2.45, 2.75) is 32.0 Å². The quantitative estimate of drug-likeness (QED) is 0.552. The molecule has 5 heteroatoms. The van der Waals surface area contributed by atoms with Crippen LogP contribution in [0.4, 0.5) is 0 Å². The summed E-state index contributed by atoms with van der Waals surface area (Å²) in [5, 5.41) is 7.13. The molecular formula is C26H26N2O3. The van der Waals surface area contributed by atoms with Crippen molar-refractivity contribution in [3.05, 3.63) is 89.0 Å². The van der Waals surface area contributed by atoms with E-state index in [1.165, 1.54) is 11.1 Å². The Morgan fingerprint density at radius 3 is 2.48 bits per heavy atom. The summed E-state index contributed by atoms with van der Waals surface area (Å²) in [7, 11) is 3.29. The molecule has 158 valence electrons. The van der Waals surface area contributed by atoms with Crippen LogP contribution in [0.25, 0.3) is 0 Å². The third-order valence-corrected chi connectivity index (χ3v) is 6.09. The van der Waals surface area contributed by atoms with E-state index < -0.39 is 0 Å². The summed E-state index contributed by atoms with van der Waals surface area (Å²) >= 11 is 0. The number of fused-ring (bicyclic) bond motifs is 3. The molecule has 0 radical (unpaired) electrons. The van der Waals surface area contributed by atoms with Gasteiger partial charge in [-0.2, -0.15) is 5.10 Å². The normalized spacial score (nSPS) is 19.2. The number of hydrazone groups is 1. The first-order valence-corrected chi connectivity index (χ1v) is 10.6. The number of methoxy groups -OCH3 is 2. The number of hydrogen-bond donors (Lipinski definition) is 0. The summed E-state index contributed by atoms with van der Waals surface area (Å²) in [4.78, 5) is 0. The van der Waals surface area contributed by atoms with Crippen LogP contribution in [0, 0.1) is 0 Å². The third kappa shape index (κ3) is 3.40. The predicted molar refractivity (Wildman–Crippen MR) is 121 cm³/mol.